The lowest BCUT2D eigenvalue weighted by atomic mass is 10.2. The summed E-state index contributed by atoms with van der Waals surface area (Å²) in [5.74, 6) is -0.185. The molecule has 3 unspecified atom stereocenters. The van der Waals surface area contributed by atoms with Gasteiger partial charge < -0.3 is 38.1 Å². The molecule has 1 aliphatic rings. The van der Waals surface area contributed by atoms with Crippen LogP contribution in [0.15, 0.2) is 49.1 Å². The number of ether oxygens (including phenoxy) is 6. The Balaban J connectivity index is 1.44. The summed E-state index contributed by atoms with van der Waals surface area (Å²) in [5, 5.41) is 11.8. The van der Waals surface area contributed by atoms with Crippen LogP contribution in [-0.2, 0) is 18.9 Å². The van der Waals surface area contributed by atoms with Crippen molar-refractivity contribution in [2.75, 3.05) is 18.6 Å². The minimum atomic E-state index is -1.47. The topological polar surface area (TPSA) is 157 Å². The number of aliphatic hydroxyl groups is 1. The van der Waals surface area contributed by atoms with Crippen molar-refractivity contribution in [1.29, 1.82) is 0 Å². The van der Waals surface area contributed by atoms with E-state index in [1.807, 2.05) is 18.2 Å². The van der Waals surface area contributed by atoms with Crippen LogP contribution >= 0.6 is 0 Å². The highest BCUT2D eigenvalue weighted by atomic mass is 16.7. The van der Waals surface area contributed by atoms with Crippen LogP contribution in [0.1, 0.15) is 68.0 Å². The predicted octanol–water partition coefficient (Wildman–Crippen LogP) is 6.14. The fourth-order valence-electron chi connectivity index (χ4n) is 5.31. The van der Waals surface area contributed by atoms with Gasteiger partial charge in [0.15, 0.2) is 17.8 Å². The van der Waals surface area contributed by atoms with E-state index in [-0.39, 0.29) is 12.4 Å². The highest BCUT2D eigenvalue weighted by Gasteiger charge is 2.42. The molecule has 14 heteroatoms. The Bertz CT molecular complexity index is 1760. The maximum absolute atomic E-state index is 13.4. The first-order valence-corrected chi connectivity index (χ1v) is 15.6. The Morgan fingerprint density at radius 2 is 1.65 bits per heavy atom. The van der Waals surface area contributed by atoms with Gasteiger partial charge in [-0.05, 0) is 79.7 Å². The average molecular weight is 666 g/mol. The summed E-state index contributed by atoms with van der Waals surface area (Å²) < 4.78 is 36.9. The third-order valence-corrected chi connectivity index (χ3v) is 7.04. The maximum atomic E-state index is 13.4. The molecule has 0 spiro atoms. The Morgan fingerprint density at radius 3 is 2.27 bits per heavy atom. The first kappa shape index (κ1) is 34.8. The van der Waals surface area contributed by atoms with E-state index in [1.54, 1.807) is 77.7 Å². The number of imide groups is 1. The summed E-state index contributed by atoms with van der Waals surface area (Å²) in [6.45, 7) is 13.4. The van der Waals surface area contributed by atoms with Gasteiger partial charge in [0.2, 0.25) is 0 Å². The fraction of sp³-hybridized carbons (Fsp3) is 0.500. The predicted molar refractivity (Wildman–Crippen MR) is 176 cm³/mol. The van der Waals surface area contributed by atoms with Crippen LogP contribution in [0.4, 0.5) is 15.4 Å². The molecule has 0 radical (unpaired) electrons. The smallest absolute Gasteiger partial charge is 0.425 e. The highest BCUT2D eigenvalue weighted by Crippen LogP contribution is 2.38. The third-order valence-electron chi connectivity index (χ3n) is 7.04. The molecule has 1 saturated heterocycles. The number of methoxy groups -OCH3 is 1. The zero-order chi connectivity index (χ0) is 35.0. The Hall–Kier alpha value is -4.53. The van der Waals surface area contributed by atoms with E-state index in [1.165, 1.54) is 20.2 Å². The number of pyridine rings is 1. The van der Waals surface area contributed by atoms with Crippen LogP contribution < -0.4 is 14.4 Å². The van der Waals surface area contributed by atoms with Gasteiger partial charge in [-0.2, -0.15) is 4.90 Å². The summed E-state index contributed by atoms with van der Waals surface area (Å²) in [6.07, 6.45) is 1.26. The SMILES string of the molecule is COc1ccnc2cc(OCC3CC(OC(C)(C)O)C(n4ccc5c(N(C(=O)OC(C)(C)C)C(=O)OC(C)(C)C)ncnc54)O3)ccc12. The molecule has 5 rings (SSSR count). The number of hydrogen-bond acceptors (Lipinski definition) is 12. The van der Waals surface area contributed by atoms with Crippen molar-refractivity contribution in [2.45, 2.75) is 97.2 Å². The molecule has 48 heavy (non-hydrogen) atoms. The second-order valence-electron chi connectivity index (χ2n) is 13.9. The van der Waals surface area contributed by atoms with Crippen molar-refractivity contribution >= 4 is 39.9 Å². The molecular weight excluding hydrogens is 622 g/mol. The maximum Gasteiger partial charge on any atom is 0.425 e. The molecule has 258 valence electrons. The van der Waals surface area contributed by atoms with E-state index in [4.69, 9.17) is 28.4 Å². The number of amides is 2. The third kappa shape index (κ3) is 8.12. The van der Waals surface area contributed by atoms with Gasteiger partial charge in [-0.3, -0.25) is 4.98 Å². The van der Waals surface area contributed by atoms with Crippen molar-refractivity contribution in [3.05, 3.63) is 49.1 Å². The van der Waals surface area contributed by atoms with Crippen LogP contribution in [0.3, 0.4) is 0 Å². The molecular formula is C34H43N5O9. The Kier molecular flexibility index (Phi) is 9.55. The molecule has 1 fully saturated rings. The molecule has 4 aromatic rings. The molecule has 4 heterocycles. The lowest BCUT2D eigenvalue weighted by Crippen LogP contribution is -2.44. The quantitative estimate of drug-likeness (QED) is 0.215. The van der Waals surface area contributed by atoms with E-state index in [0.29, 0.717) is 29.0 Å². The van der Waals surface area contributed by atoms with Crippen LogP contribution in [0, 0.1) is 0 Å². The summed E-state index contributed by atoms with van der Waals surface area (Å²) >= 11 is 0. The first-order valence-electron chi connectivity index (χ1n) is 15.6. The van der Waals surface area contributed by atoms with Crippen LogP contribution in [0.5, 0.6) is 11.5 Å². The minimum absolute atomic E-state index is 0.0263. The van der Waals surface area contributed by atoms with Gasteiger partial charge in [0.05, 0.1) is 24.1 Å². The van der Waals surface area contributed by atoms with Gasteiger partial charge in [-0.1, -0.05) is 0 Å². The summed E-state index contributed by atoms with van der Waals surface area (Å²) in [7, 11) is 1.61. The molecule has 3 aromatic heterocycles. The number of benzene rings is 1. The van der Waals surface area contributed by atoms with Crippen molar-refractivity contribution < 1.29 is 43.1 Å². The molecule has 0 saturated carbocycles. The monoisotopic (exact) mass is 665 g/mol. The van der Waals surface area contributed by atoms with Crippen molar-refractivity contribution in [3.8, 4) is 11.5 Å². The van der Waals surface area contributed by atoms with Gasteiger partial charge in [0, 0.05) is 30.3 Å². The van der Waals surface area contributed by atoms with Crippen LogP contribution in [0.2, 0.25) is 0 Å². The van der Waals surface area contributed by atoms with Crippen LogP contribution in [-0.4, -0.2) is 79.7 Å². The number of carbonyl (C=O) groups is 2. The molecule has 1 aromatic carbocycles. The first-order chi connectivity index (χ1) is 22.4. The zero-order valence-corrected chi connectivity index (χ0v) is 28.7. The molecule has 3 atom stereocenters. The summed E-state index contributed by atoms with van der Waals surface area (Å²) in [4.78, 5) is 40.7. The number of aromatic nitrogens is 4. The van der Waals surface area contributed by atoms with E-state index < -0.39 is 47.6 Å². The van der Waals surface area contributed by atoms with E-state index >= 15 is 0 Å². The number of nitrogens with zero attached hydrogens (tertiary/aromatic N) is 5. The highest BCUT2D eigenvalue weighted by molar-refractivity contribution is 6.13. The average Bonchev–Trinajstić information content (AvgIpc) is 3.57. The number of rotatable bonds is 8. The molecule has 1 aliphatic heterocycles. The van der Waals surface area contributed by atoms with Gasteiger partial charge >= 0.3 is 12.2 Å². The molecule has 1 N–H and O–H groups in total. The molecule has 14 nitrogen and oxygen atoms in total. The molecule has 2 amide bonds. The summed E-state index contributed by atoms with van der Waals surface area (Å²) in [6, 6.07) is 9.01. The van der Waals surface area contributed by atoms with E-state index in [0.717, 1.165) is 15.8 Å². The Labute approximate surface area is 278 Å². The number of carbonyl (C=O) groups excluding carboxylic acids is 2. The standard InChI is InChI=1S/C34H43N5O9/c1-32(2,3)47-30(40)39(31(41)48-33(4,5)6)28-23-13-15-38(27(23)36-19-37-28)29-26(46-34(7,8)42)17-21(45-29)18-44-20-10-11-22-24(16-20)35-14-12-25(22)43-9/h10-16,19,21,26,29,42H,17-18H2,1-9H3. The minimum Gasteiger partial charge on any atom is -0.496 e. The summed E-state index contributed by atoms with van der Waals surface area (Å²) in [5.41, 5.74) is -0.728. The lowest BCUT2D eigenvalue weighted by Gasteiger charge is -2.28. The normalized spacial score (nSPS) is 18.6. The van der Waals surface area contributed by atoms with Crippen molar-refractivity contribution in [1.82, 2.24) is 19.5 Å². The second-order valence-corrected chi connectivity index (χ2v) is 13.9. The lowest BCUT2D eigenvalue weighted by molar-refractivity contribution is -0.222. The van der Waals surface area contributed by atoms with Crippen LogP contribution in [0.25, 0.3) is 21.9 Å². The largest absolute Gasteiger partial charge is 0.496 e. The second kappa shape index (κ2) is 13.2. The fourth-order valence-corrected chi connectivity index (χ4v) is 5.31. The Morgan fingerprint density at radius 1 is 0.958 bits per heavy atom. The van der Waals surface area contributed by atoms with Gasteiger partial charge in [0.25, 0.3) is 0 Å². The molecule has 0 aliphatic carbocycles. The zero-order valence-electron chi connectivity index (χ0n) is 28.7. The van der Waals surface area contributed by atoms with E-state index in [9.17, 15) is 14.7 Å². The number of anilines is 1. The number of hydrogen-bond donors (Lipinski definition) is 1. The molecule has 0 bridgehead atoms. The van der Waals surface area contributed by atoms with Gasteiger partial charge in [-0.15, -0.1) is 0 Å². The van der Waals surface area contributed by atoms with Crippen molar-refractivity contribution in [3.63, 3.8) is 0 Å². The van der Waals surface area contributed by atoms with Gasteiger partial charge in [-0.25, -0.2) is 19.6 Å². The van der Waals surface area contributed by atoms with Gasteiger partial charge in [0.1, 0.15) is 47.4 Å². The van der Waals surface area contributed by atoms with Crippen molar-refractivity contribution in [2.24, 2.45) is 0 Å². The van der Waals surface area contributed by atoms with E-state index in [2.05, 4.69) is 15.0 Å². The number of fused-ring (bicyclic) bond motifs is 2.